The summed E-state index contributed by atoms with van der Waals surface area (Å²) in [6.45, 7) is 4.70. The molecule has 2 saturated heterocycles. The van der Waals surface area contributed by atoms with E-state index in [0.717, 1.165) is 55.4 Å². The van der Waals surface area contributed by atoms with Crippen LogP contribution < -0.4 is 16.0 Å². The first-order chi connectivity index (χ1) is 17.8. The lowest BCUT2D eigenvalue weighted by Gasteiger charge is -2.41. The fraction of sp³-hybridized carbons (Fsp3) is 0.385. The normalized spacial score (nSPS) is 21.0. The maximum Gasteiger partial charge on any atom is 0.160 e. The average molecular weight is 567 g/mol. The van der Waals surface area contributed by atoms with Crippen molar-refractivity contribution in [1.82, 2.24) is 9.97 Å². The molecule has 1 aromatic heterocycles. The lowest BCUT2D eigenvalue weighted by molar-refractivity contribution is 0.0974. The monoisotopic (exact) mass is 565 g/mol. The summed E-state index contributed by atoms with van der Waals surface area (Å²) in [5.41, 5.74) is 7.56. The molecule has 196 valence electrons. The van der Waals surface area contributed by atoms with Crippen LogP contribution in [-0.2, 0) is 11.3 Å². The van der Waals surface area contributed by atoms with Gasteiger partial charge in [0.05, 0.1) is 35.8 Å². The summed E-state index contributed by atoms with van der Waals surface area (Å²) in [6.07, 6.45) is 5.58. The number of piperidine rings is 1. The van der Waals surface area contributed by atoms with E-state index in [4.69, 9.17) is 33.7 Å². The molecule has 2 atom stereocenters. The van der Waals surface area contributed by atoms with Crippen molar-refractivity contribution in [3.05, 3.63) is 70.0 Å². The second-order valence-corrected chi connectivity index (χ2v) is 11.4. The largest absolute Gasteiger partial charge is 0.380 e. The van der Waals surface area contributed by atoms with E-state index < -0.39 is 11.6 Å². The van der Waals surface area contributed by atoms with E-state index in [1.807, 2.05) is 19.1 Å². The number of nitrogens with two attached hydrogens (primary N) is 1. The van der Waals surface area contributed by atoms with Gasteiger partial charge in [-0.1, -0.05) is 41.0 Å². The Kier molecular flexibility index (Phi) is 7.79. The van der Waals surface area contributed by atoms with Gasteiger partial charge in [0.25, 0.3) is 0 Å². The molecular weight excluding hydrogens is 539 g/mol. The van der Waals surface area contributed by atoms with Crippen LogP contribution in [0.3, 0.4) is 0 Å². The molecule has 2 fully saturated rings. The van der Waals surface area contributed by atoms with Gasteiger partial charge in [0, 0.05) is 41.0 Å². The summed E-state index contributed by atoms with van der Waals surface area (Å²) in [5.74, 6) is -1.10. The standard InChI is InChI=1S/C26H27Cl2F2N5OS/c1-15-25(31)26(14-36-15)5-7-35(8-6-26)22-12-34-23(13-33-22)37-21-4-2-3-20(24(21)28)32-11-16-9-18(29)19(30)10-17(16)27/h2-4,9-10,12-13,15,25,32H,5-8,11,14,31H2,1H3/t15-,25+/m0/s1. The van der Waals surface area contributed by atoms with Crippen LogP contribution in [0.15, 0.2) is 52.6 Å². The first-order valence-corrected chi connectivity index (χ1v) is 13.6. The molecule has 0 aliphatic carbocycles. The molecular formula is C26H27Cl2F2N5OS. The highest BCUT2D eigenvalue weighted by Gasteiger charge is 2.47. The number of rotatable bonds is 6. The van der Waals surface area contributed by atoms with Crippen molar-refractivity contribution in [2.45, 2.75) is 48.4 Å². The number of benzene rings is 2. The molecule has 3 aromatic rings. The number of nitrogens with zero attached hydrogens (tertiary/aromatic N) is 3. The van der Waals surface area contributed by atoms with E-state index in [0.29, 0.717) is 21.3 Å². The van der Waals surface area contributed by atoms with Crippen molar-refractivity contribution >= 4 is 46.5 Å². The zero-order valence-electron chi connectivity index (χ0n) is 20.2. The molecule has 2 aliphatic heterocycles. The van der Waals surface area contributed by atoms with Crippen LogP contribution in [0.1, 0.15) is 25.3 Å². The van der Waals surface area contributed by atoms with Crippen molar-refractivity contribution in [2.24, 2.45) is 11.1 Å². The predicted molar refractivity (Wildman–Crippen MR) is 144 cm³/mol. The van der Waals surface area contributed by atoms with Gasteiger partial charge >= 0.3 is 0 Å². The number of aromatic nitrogens is 2. The zero-order valence-corrected chi connectivity index (χ0v) is 22.5. The van der Waals surface area contributed by atoms with Gasteiger partial charge in [0.15, 0.2) is 11.6 Å². The fourth-order valence-electron chi connectivity index (χ4n) is 4.91. The highest BCUT2D eigenvalue weighted by molar-refractivity contribution is 7.99. The van der Waals surface area contributed by atoms with Crippen LogP contribution in [0.25, 0.3) is 0 Å². The molecule has 37 heavy (non-hydrogen) atoms. The molecule has 5 rings (SSSR count). The Hall–Kier alpha value is -2.17. The predicted octanol–water partition coefficient (Wildman–Crippen LogP) is 6.16. The summed E-state index contributed by atoms with van der Waals surface area (Å²) in [4.78, 5) is 12.3. The Labute approximate surface area is 228 Å². The van der Waals surface area contributed by atoms with E-state index in [9.17, 15) is 8.78 Å². The smallest absolute Gasteiger partial charge is 0.160 e. The third kappa shape index (κ3) is 5.52. The molecule has 0 saturated carbocycles. The Balaban J connectivity index is 1.21. The molecule has 6 nitrogen and oxygen atoms in total. The van der Waals surface area contributed by atoms with Crippen molar-refractivity contribution in [3.63, 3.8) is 0 Å². The van der Waals surface area contributed by atoms with Crippen LogP contribution in [0.2, 0.25) is 10.0 Å². The van der Waals surface area contributed by atoms with Crippen molar-refractivity contribution < 1.29 is 13.5 Å². The second kappa shape index (κ2) is 10.9. The Morgan fingerprint density at radius 1 is 1.16 bits per heavy atom. The van der Waals surface area contributed by atoms with Gasteiger partial charge in [-0.05, 0) is 49.6 Å². The quantitative estimate of drug-likeness (QED) is 0.347. The van der Waals surface area contributed by atoms with E-state index >= 15 is 0 Å². The Morgan fingerprint density at radius 2 is 1.92 bits per heavy atom. The number of hydrogen-bond donors (Lipinski definition) is 2. The highest BCUT2D eigenvalue weighted by Crippen LogP contribution is 2.42. The molecule has 0 amide bonds. The summed E-state index contributed by atoms with van der Waals surface area (Å²) < 4.78 is 32.8. The van der Waals surface area contributed by atoms with Crippen LogP contribution >= 0.6 is 35.0 Å². The summed E-state index contributed by atoms with van der Waals surface area (Å²) in [6, 6.07) is 7.66. The minimum Gasteiger partial charge on any atom is -0.380 e. The molecule has 3 heterocycles. The number of nitrogens with one attached hydrogen (secondary N) is 1. The van der Waals surface area contributed by atoms with Crippen LogP contribution in [0, 0.1) is 17.0 Å². The maximum absolute atomic E-state index is 13.6. The second-order valence-electron chi connectivity index (χ2n) is 9.54. The minimum absolute atomic E-state index is 0.0607. The molecule has 2 aromatic carbocycles. The Bertz CT molecular complexity index is 1270. The molecule has 2 aliphatic rings. The topological polar surface area (TPSA) is 76.3 Å². The van der Waals surface area contributed by atoms with Crippen molar-refractivity contribution in [2.75, 3.05) is 29.9 Å². The lowest BCUT2D eigenvalue weighted by atomic mass is 9.73. The van der Waals surface area contributed by atoms with Crippen LogP contribution in [-0.4, -0.2) is 41.8 Å². The summed E-state index contributed by atoms with van der Waals surface area (Å²) in [5, 5.41) is 4.48. The van der Waals surface area contributed by atoms with E-state index in [1.165, 1.54) is 11.8 Å². The van der Waals surface area contributed by atoms with Gasteiger partial charge in [-0.2, -0.15) is 0 Å². The van der Waals surface area contributed by atoms with Gasteiger partial charge in [-0.15, -0.1) is 0 Å². The Morgan fingerprint density at radius 3 is 2.59 bits per heavy atom. The molecule has 0 unspecified atom stereocenters. The zero-order chi connectivity index (χ0) is 26.2. The number of hydrogen-bond acceptors (Lipinski definition) is 7. The third-order valence-corrected chi connectivity index (χ3v) is 9.13. The van der Waals surface area contributed by atoms with Gasteiger partial charge in [0.2, 0.25) is 0 Å². The van der Waals surface area contributed by atoms with E-state index in [1.54, 1.807) is 18.5 Å². The van der Waals surface area contributed by atoms with Crippen LogP contribution in [0.5, 0.6) is 0 Å². The van der Waals surface area contributed by atoms with Gasteiger partial charge in [0.1, 0.15) is 10.8 Å². The summed E-state index contributed by atoms with van der Waals surface area (Å²) >= 11 is 14.1. The van der Waals surface area contributed by atoms with Gasteiger partial charge < -0.3 is 20.7 Å². The molecule has 0 bridgehead atoms. The summed E-state index contributed by atoms with van der Waals surface area (Å²) in [7, 11) is 0. The highest BCUT2D eigenvalue weighted by atomic mass is 35.5. The van der Waals surface area contributed by atoms with Gasteiger partial charge in [-0.25, -0.2) is 18.7 Å². The van der Waals surface area contributed by atoms with E-state index in [2.05, 4.69) is 20.2 Å². The minimum atomic E-state index is -0.983. The molecule has 1 spiro atoms. The average Bonchev–Trinajstić information content (AvgIpc) is 3.16. The van der Waals surface area contributed by atoms with Crippen molar-refractivity contribution in [1.29, 1.82) is 0 Å². The molecule has 3 N–H and O–H groups in total. The number of anilines is 2. The molecule has 11 heteroatoms. The SMILES string of the molecule is C[C@@H]1OCC2(CCN(c3cnc(Sc4cccc(NCc5cc(F)c(F)cc5Cl)c4Cl)cn3)CC2)[C@@H]1N. The maximum atomic E-state index is 13.6. The van der Waals surface area contributed by atoms with E-state index in [-0.39, 0.29) is 29.1 Å². The fourth-order valence-corrected chi connectivity index (χ4v) is 6.22. The lowest BCUT2D eigenvalue weighted by Crippen LogP contribution is -2.50. The van der Waals surface area contributed by atoms with Crippen LogP contribution in [0.4, 0.5) is 20.3 Å². The number of halogens is 4. The first kappa shape index (κ1) is 26.4. The van der Waals surface area contributed by atoms with Crippen molar-refractivity contribution in [3.8, 4) is 0 Å². The number of ether oxygens (including phenoxy) is 1. The first-order valence-electron chi connectivity index (χ1n) is 12.0. The van der Waals surface area contributed by atoms with Gasteiger partial charge in [-0.3, -0.25) is 0 Å². The molecule has 0 radical (unpaired) electrons. The third-order valence-electron chi connectivity index (χ3n) is 7.28.